The number of amides is 2. The van der Waals surface area contributed by atoms with E-state index in [1.165, 1.54) is 18.4 Å². The Hall–Kier alpha value is -3.19. The molecule has 27 heavy (non-hydrogen) atoms. The maximum Gasteiger partial charge on any atom is 0.265 e. The number of aromatic nitrogens is 1. The molecule has 1 aromatic heterocycles. The standard InChI is InChI=1S/C20H16N2O5/c1-19-6-7-20(2,27-19)16-15(19)17(23)22(18(16)24)11-4-5-12(13(8-11)25-3)14-9-21-10-26-14/h4-10H,1-3H3. The van der Waals surface area contributed by atoms with E-state index in [0.29, 0.717) is 33.9 Å². The quantitative estimate of drug-likeness (QED) is 0.615. The first-order valence-electron chi connectivity index (χ1n) is 8.49. The van der Waals surface area contributed by atoms with Crippen molar-refractivity contribution in [2.75, 3.05) is 12.0 Å². The number of oxazole rings is 1. The molecular weight excluding hydrogens is 348 g/mol. The van der Waals surface area contributed by atoms with Crippen LogP contribution in [0.2, 0.25) is 0 Å². The SMILES string of the molecule is COc1cc(N2C(=O)C3=C(C2=O)C2(C)C=CC3(C)O2)ccc1-c1cnco1. The van der Waals surface area contributed by atoms with Crippen LogP contribution in [0.25, 0.3) is 11.3 Å². The Labute approximate surface area is 154 Å². The fourth-order valence-electron chi connectivity index (χ4n) is 4.15. The van der Waals surface area contributed by atoms with Crippen molar-refractivity contribution < 1.29 is 23.5 Å². The molecule has 3 aliphatic heterocycles. The van der Waals surface area contributed by atoms with E-state index in [1.54, 1.807) is 38.2 Å². The van der Waals surface area contributed by atoms with Gasteiger partial charge in [-0.3, -0.25) is 9.59 Å². The molecule has 2 unspecified atom stereocenters. The van der Waals surface area contributed by atoms with E-state index < -0.39 is 11.2 Å². The van der Waals surface area contributed by atoms with Crippen LogP contribution in [0, 0.1) is 0 Å². The fourth-order valence-corrected chi connectivity index (χ4v) is 4.15. The van der Waals surface area contributed by atoms with Crippen LogP contribution in [0.5, 0.6) is 5.75 Å². The maximum absolute atomic E-state index is 13.1. The lowest BCUT2D eigenvalue weighted by atomic mass is 9.85. The fraction of sp³-hybridized carbons (Fsp3) is 0.250. The molecular formula is C20H16N2O5. The summed E-state index contributed by atoms with van der Waals surface area (Å²) < 4.78 is 16.7. The predicted molar refractivity (Wildman–Crippen MR) is 95.0 cm³/mol. The van der Waals surface area contributed by atoms with E-state index >= 15 is 0 Å². The van der Waals surface area contributed by atoms with Gasteiger partial charge < -0.3 is 13.9 Å². The van der Waals surface area contributed by atoms with Gasteiger partial charge in [0.15, 0.2) is 12.2 Å². The third kappa shape index (κ3) is 1.92. The minimum atomic E-state index is -0.866. The zero-order chi connectivity index (χ0) is 19.0. The van der Waals surface area contributed by atoms with Crippen LogP contribution in [0.1, 0.15) is 13.8 Å². The minimum Gasteiger partial charge on any atom is -0.496 e. The molecule has 0 saturated carbocycles. The highest BCUT2D eigenvalue weighted by atomic mass is 16.5. The number of methoxy groups -OCH3 is 1. The van der Waals surface area contributed by atoms with Crippen LogP contribution in [0.15, 0.2) is 58.5 Å². The van der Waals surface area contributed by atoms with Crippen molar-refractivity contribution in [1.82, 2.24) is 4.98 Å². The van der Waals surface area contributed by atoms with Crippen LogP contribution < -0.4 is 9.64 Å². The maximum atomic E-state index is 13.1. The number of anilines is 1. The number of carbonyl (C=O) groups excluding carboxylic acids is 2. The highest BCUT2D eigenvalue weighted by molar-refractivity contribution is 6.35. The van der Waals surface area contributed by atoms with E-state index in [2.05, 4.69) is 4.98 Å². The summed E-state index contributed by atoms with van der Waals surface area (Å²) in [4.78, 5) is 31.3. The lowest BCUT2D eigenvalue weighted by Gasteiger charge is -2.27. The normalized spacial score (nSPS) is 28.5. The number of ether oxygens (including phenoxy) is 2. The lowest BCUT2D eigenvalue weighted by Crippen LogP contribution is -2.40. The second-order valence-electron chi connectivity index (χ2n) is 7.10. The molecule has 4 heterocycles. The van der Waals surface area contributed by atoms with E-state index in [4.69, 9.17) is 13.9 Å². The summed E-state index contributed by atoms with van der Waals surface area (Å²) in [5.41, 5.74) is 0.213. The first-order valence-corrected chi connectivity index (χ1v) is 8.49. The third-order valence-electron chi connectivity index (χ3n) is 5.36. The number of hydrogen-bond acceptors (Lipinski definition) is 6. The van der Waals surface area contributed by atoms with Gasteiger partial charge in [0.25, 0.3) is 11.8 Å². The van der Waals surface area contributed by atoms with Crippen molar-refractivity contribution in [3.63, 3.8) is 0 Å². The molecule has 0 aliphatic carbocycles. The van der Waals surface area contributed by atoms with Crippen molar-refractivity contribution in [3.8, 4) is 17.1 Å². The van der Waals surface area contributed by atoms with E-state index in [-0.39, 0.29) is 11.8 Å². The van der Waals surface area contributed by atoms with Gasteiger partial charge in [0, 0.05) is 6.07 Å². The van der Waals surface area contributed by atoms with Gasteiger partial charge in [0.2, 0.25) is 0 Å². The molecule has 1 aromatic carbocycles. The number of rotatable bonds is 3. The Bertz CT molecular complexity index is 1030. The number of carbonyl (C=O) groups is 2. The van der Waals surface area contributed by atoms with Crippen molar-refractivity contribution in [3.05, 3.63) is 54.1 Å². The number of nitrogens with zero attached hydrogens (tertiary/aromatic N) is 2. The molecule has 5 rings (SSSR count). The number of fused-ring (bicyclic) bond motifs is 4. The monoisotopic (exact) mass is 364 g/mol. The second-order valence-corrected chi connectivity index (χ2v) is 7.10. The molecule has 7 heteroatoms. The molecule has 0 radical (unpaired) electrons. The average Bonchev–Trinajstić information content (AvgIpc) is 3.37. The summed E-state index contributed by atoms with van der Waals surface area (Å²) in [7, 11) is 1.52. The van der Waals surface area contributed by atoms with Gasteiger partial charge in [0.1, 0.15) is 17.0 Å². The highest BCUT2D eigenvalue weighted by Gasteiger charge is 2.62. The largest absolute Gasteiger partial charge is 0.496 e. The topological polar surface area (TPSA) is 81.9 Å². The molecule has 3 aliphatic rings. The van der Waals surface area contributed by atoms with E-state index in [9.17, 15) is 9.59 Å². The number of benzene rings is 1. The van der Waals surface area contributed by atoms with Gasteiger partial charge in [0.05, 0.1) is 35.7 Å². The molecule has 0 fully saturated rings. The van der Waals surface area contributed by atoms with Crippen molar-refractivity contribution >= 4 is 17.5 Å². The van der Waals surface area contributed by atoms with Gasteiger partial charge in [-0.2, -0.15) is 0 Å². The lowest BCUT2D eigenvalue weighted by molar-refractivity contribution is -0.123. The molecule has 2 atom stereocenters. The molecule has 2 amide bonds. The Kier molecular flexibility index (Phi) is 2.94. The highest BCUT2D eigenvalue weighted by Crippen LogP contribution is 2.53. The Morgan fingerprint density at radius 1 is 1.07 bits per heavy atom. The Balaban J connectivity index is 1.58. The van der Waals surface area contributed by atoms with Gasteiger partial charge >= 0.3 is 0 Å². The van der Waals surface area contributed by atoms with Gasteiger partial charge in [-0.05, 0) is 38.1 Å². The van der Waals surface area contributed by atoms with Crippen molar-refractivity contribution in [2.45, 2.75) is 25.0 Å². The number of imide groups is 1. The summed E-state index contributed by atoms with van der Waals surface area (Å²) in [5.74, 6) is 0.292. The van der Waals surface area contributed by atoms with E-state index in [0.717, 1.165) is 0 Å². The van der Waals surface area contributed by atoms with Crippen LogP contribution in [0.3, 0.4) is 0 Å². The third-order valence-corrected chi connectivity index (χ3v) is 5.36. The first kappa shape index (κ1) is 16.0. The molecule has 2 bridgehead atoms. The zero-order valence-corrected chi connectivity index (χ0v) is 15.0. The molecule has 0 spiro atoms. The summed E-state index contributed by atoms with van der Waals surface area (Å²) in [5, 5.41) is 0. The van der Waals surface area contributed by atoms with Crippen LogP contribution in [0.4, 0.5) is 5.69 Å². The molecule has 2 aromatic rings. The van der Waals surface area contributed by atoms with Gasteiger partial charge in [-0.15, -0.1) is 0 Å². The summed E-state index contributed by atoms with van der Waals surface area (Å²) in [6.45, 7) is 3.61. The van der Waals surface area contributed by atoms with Crippen LogP contribution >= 0.6 is 0 Å². The minimum absolute atomic E-state index is 0.361. The average molecular weight is 364 g/mol. The van der Waals surface area contributed by atoms with Crippen LogP contribution in [-0.2, 0) is 14.3 Å². The Morgan fingerprint density at radius 2 is 1.74 bits per heavy atom. The van der Waals surface area contributed by atoms with E-state index in [1.807, 2.05) is 12.2 Å². The molecule has 136 valence electrons. The molecule has 7 nitrogen and oxygen atoms in total. The summed E-state index contributed by atoms with van der Waals surface area (Å²) >= 11 is 0. The summed E-state index contributed by atoms with van der Waals surface area (Å²) in [6.07, 6.45) is 6.58. The number of hydrogen-bond donors (Lipinski definition) is 0. The molecule has 0 N–H and O–H groups in total. The Morgan fingerprint density at radius 3 is 2.30 bits per heavy atom. The second kappa shape index (κ2) is 4.95. The molecule has 0 saturated heterocycles. The van der Waals surface area contributed by atoms with Crippen LogP contribution in [-0.4, -0.2) is 35.1 Å². The predicted octanol–water partition coefficient (Wildman–Crippen LogP) is 2.64. The first-order chi connectivity index (χ1) is 12.9. The summed E-state index contributed by atoms with van der Waals surface area (Å²) in [6, 6.07) is 5.08. The van der Waals surface area contributed by atoms with Crippen molar-refractivity contribution in [2.24, 2.45) is 0 Å². The van der Waals surface area contributed by atoms with Crippen molar-refractivity contribution in [1.29, 1.82) is 0 Å². The van der Waals surface area contributed by atoms with Gasteiger partial charge in [-0.25, -0.2) is 9.88 Å². The zero-order valence-electron chi connectivity index (χ0n) is 15.0. The van der Waals surface area contributed by atoms with Gasteiger partial charge in [-0.1, -0.05) is 0 Å². The smallest absolute Gasteiger partial charge is 0.265 e.